The van der Waals surface area contributed by atoms with E-state index in [4.69, 9.17) is 4.74 Å². The maximum Gasteiger partial charge on any atom is 0.271 e. The van der Waals surface area contributed by atoms with Crippen LogP contribution in [0.1, 0.15) is 49.7 Å². The molecular formula is C31H39BrN4O3. The number of hydrogen-bond acceptors (Lipinski definition) is 4. The number of carbonyl (C=O) groups is 2. The van der Waals surface area contributed by atoms with Gasteiger partial charge < -0.3 is 24.4 Å². The van der Waals surface area contributed by atoms with Crippen molar-refractivity contribution in [3.8, 4) is 5.75 Å². The number of carbonyl (C=O) groups excluding carboxylic acids is 2. The third-order valence-electron chi connectivity index (χ3n) is 8.29. The summed E-state index contributed by atoms with van der Waals surface area (Å²) in [6.07, 6.45) is 2.17. The molecule has 3 heterocycles. The normalized spacial score (nSPS) is 23.6. The van der Waals surface area contributed by atoms with Crippen molar-refractivity contribution in [1.29, 1.82) is 0 Å². The fourth-order valence-corrected chi connectivity index (χ4v) is 6.78. The molecule has 208 valence electrons. The zero-order valence-corrected chi connectivity index (χ0v) is 25.0. The van der Waals surface area contributed by atoms with Crippen molar-refractivity contribution in [1.82, 2.24) is 19.7 Å². The molecule has 2 aliphatic heterocycles. The molecule has 3 atom stereocenters. The van der Waals surface area contributed by atoms with E-state index >= 15 is 0 Å². The van der Waals surface area contributed by atoms with Crippen LogP contribution in [0.5, 0.6) is 5.75 Å². The van der Waals surface area contributed by atoms with Gasteiger partial charge in [0.25, 0.3) is 5.91 Å². The largest absolute Gasteiger partial charge is 0.497 e. The summed E-state index contributed by atoms with van der Waals surface area (Å²) >= 11 is 3.63. The summed E-state index contributed by atoms with van der Waals surface area (Å²) in [5, 5.41) is 4.14. The average molecular weight is 596 g/mol. The van der Waals surface area contributed by atoms with Crippen molar-refractivity contribution in [3.63, 3.8) is 0 Å². The van der Waals surface area contributed by atoms with Gasteiger partial charge in [-0.15, -0.1) is 0 Å². The molecule has 0 bridgehead atoms. The second kappa shape index (κ2) is 11.3. The first-order valence-electron chi connectivity index (χ1n) is 13.9. The Kier molecular flexibility index (Phi) is 8.06. The lowest BCUT2D eigenvalue weighted by molar-refractivity contribution is -0.133. The number of methoxy groups -OCH3 is 1. The van der Waals surface area contributed by atoms with Gasteiger partial charge in [0, 0.05) is 42.1 Å². The van der Waals surface area contributed by atoms with Crippen LogP contribution in [0.4, 0.5) is 0 Å². The number of aromatic nitrogens is 1. The number of halogens is 1. The monoisotopic (exact) mass is 594 g/mol. The highest BCUT2D eigenvalue weighted by Crippen LogP contribution is 2.35. The van der Waals surface area contributed by atoms with Gasteiger partial charge in [0.2, 0.25) is 5.91 Å². The van der Waals surface area contributed by atoms with Crippen LogP contribution in [0.15, 0.2) is 53.0 Å². The summed E-state index contributed by atoms with van der Waals surface area (Å²) in [5.74, 6) is 1.87. The number of fused-ring (bicyclic) bond motifs is 3. The highest BCUT2D eigenvalue weighted by Gasteiger charge is 2.47. The molecule has 39 heavy (non-hydrogen) atoms. The number of piperidine rings is 1. The van der Waals surface area contributed by atoms with Crippen molar-refractivity contribution in [2.24, 2.45) is 11.8 Å². The summed E-state index contributed by atoms with van der Waals surface area (Å²) in [6.45, 7) is 11.0. The van der Waals surface area contributed by atoms with Crippen molar-refractivity contribution >= 4 is 38.6 Å². The van der Waals surface area contributed by atoms with E-state index in [-0.39, 0.29) is 11.8 Å². The second-order valence-electron chi connectivity index (χ2n) is 11.6. The first-order chi connectivity index (χ1) is 18.7. The summed E-state index contributed by atoms with van der Waals surface area (Å²) in [7, 11) is 1.63. The predicted molar refractivity (Wildman–Crippen MR) is 158 cm³/mol. The Morgan fingerprint density at radius 2 is 1.87 bits per heavy atom. The van der Waals surface area contributed by atoms with E-state index in [1.807, 2.05) is 60.0 Å². The van der Waals surface area contributed by atoms with Gasteiger partial charge in [-0.05, 0) is 68.0 Å². The number of hydrogen-bond donors (Lipinski definition) is 1. The standard InChI is InChI=1S/C31H39BrN4O3/c1-21-14-22(2)18-34(17-21)13-7-12-33-30(38)31(3)20-35-27-16-25(39-4)11-10-23(27)15-28(35)29(37)36(31)19-24-8-5-6-9-26(24)32/h5-6,8-11,15-16,21-22H,7,12-14,17-20H2,1-4H3,(H,33,38)/t21-,22+,31-/m1/s1. The average Bonchev–Trinajstić information content (AvgIpc) is 3.26. The van der Waals surface area contributed by atoms with Gasteiger partial charge in [-0.25, -0.2) is 0 Å². The summed E-state index contributed by atoms with van der Waals surface area (Å²) in [5.41, 5.74) is 1.38. The molecule has 1 aromatic heterocycles. The summed E-state index contributed by atoms with van der Waals surface area (Å²) < 4.78 is 8.35. The van der Waals surface area contributed by atoms with E-state index in [1.54, 1.807) is 12.0 Å². The maximum absolute atomic E-state index is 14.0. The Morgan fingerprint density at radius 1 is 1.13 bits per heavy atom. The van der Waals surface area contributed by atoms with Crippen molar-refractivity contribution in [2.45, 2.75) is 52.2 Å². The quantitative estimate of drug-likeness (QED) is 0.359. The van der Waals surface area contributed by atoms with Crippen LogP contribution in [-0.2, 0) is 17.9 Å². The molecule has 3 aromatic rings. The Balaban J connectivity index is 1.39. The van der Waals surface area contributed by atoms with Crippen LogP contribution < -0.4 is 10.1 Å². The van der Waals surface area contributed by atoms with Crippen molar-refractivity contribution < 1.29 is 14.3 Å². The molecule has 2 amide bonds. The van der Waals surface area contributed by atoms with Crippen LogP contribution >= 0.6 is 15.9 Å². The third kappa shape index (κ3) is 5.59. The van der Waals surface area contributed by atoms with Crippen LogP contribution in [0, 0.1) is 11.8 Å². The molecule has 1 N–H and O–H groups in total. The zero-order chi connectivity index (χ0) is 27.7. The molecule has 2 aromatic carbocycles. The second-order valence-corrected chi connectivity index (χ2v) is 12.5. The van der Waals surface area contributed by atoms with E-state index in [9.17, 15) is 9.59 Å². The topological polar surface area (TPSA) is 66.8 Å². The highest BCUT2D eigenvalue weighted by atomic mass is 79.9. The number of likely N-dealkylation sites (tertiary alicyclic amines) is 1. The molecule has 5 rings (SSSR count). The molecule has 0 saturated carbocycles. The van der Waals surface area contributed by atoms with Gasteiger partial charge in [0.15, 0.2) is 0 Å². The molecular weight excluding hydrogens is 556 g/mol. The molecule has 2 aliphatic rings. The van der Waals surface area contributed by atoms with Crippen LogP contribution in [0.2, 0.25) is 0 Å². The molecule has 8 heteroatoms. The van der Waals surface area contributed by atoms with E-state index in [1.165, 1.54) is 6.42 Å². The first kappa shape index (κ1) is 27.7. The molecule has 0 spiro atoms. The summed E-state index contributed by atoms with van der Waals surface area (Å²) in [6, 6.07) is 15.6. The molecule has 0 radical (unpaired) electrons. The maximum atomic E-state index is 14.0. The number of ether oxygens (including phenoxy) is 1. The first-order valence-corrected chi connectivity index (χ1v) is 14.7. The van der Waals surface area contributed by atoms with Gasteiger partial charge in [0.05, 0.1) is 19.2 Å². The Bertz CT molecular complexity index is 1360. The fourth-order valence-electron chi connectivity index (χ4n) is 6.37. The van der Waals surface area contributed by atoms with Crippen LogP contribution in [-0.4, -0.2) is 65.0 Å². The van der Waals surface area contributed by atoms with Crippen molar-refractivity contribution in [3.05, 3.63) is 64.3 Å². The van der Waals surface area contributed by atoms with Gasteiger partial charge in [-0.3, -0.25) is 9.59 Å². The molecule has 0 unspecified atom stereocenters. The van der Waals surface area contributed by atoms with Crippen molar-refractivity contribution in [2.75, 3.05) is 33.3 Å². The Labute approximate surface area is 239 Å². The number of rotatable bonds is 8. The van der Waals surface area contributed by atoms with Crippen LogP contribution in [0.25, 0.3) is 10.9 Å². The Hall–Kier alpha value is -2.84. The van der Waals surface area contributed by atoms with Gasteiger partial charge in [-0.1, -0.05) is 48.0 Å². The molecule has 7 nitrogen and oxygen atoms in total. The highest BCUT2D eigenvalue weighted by molar-refractivity contribution is 9.10. The fraction of sp³-hybridized carbons (Fsp3) is 0.484. The van der Waals surface area contributed by atoms with E-state index < -0.39 is 5.54 Å². The minimum Gasteiger partial charge on any atom is -0.497 e. The lowest BCUT2D eigenvalue weighted by atomic mass is 9.92. The molecule has 1 fully saturated rings. The predicted octanol–water partition coefficient (Wildman–Crippen LogP) is 5.31. The van der Waals surface area contributed by atoms with Crippen LogP contribution in [0.3, 0.4) is 0 Å². The number of nitrogens with one attached hydrogen (secondary N) is 1. The number of amides is 2. The Morgan fingerprint density at radius 3 is 2.59 bits per heavy atom. The minimum absolute atomic E-state index is 0.126. The minimum atomic E-state index is -1.07. The van der Waals surface area contributed by atoms with Gasteiger partial charge >= 0.3 is 0 Å². The number of benzene rings is 2. The third-order valence-corrected chi connectivity index (χ3v) is 9.07. The molecule has 0 aliphatic carbocycles. The lowest BCUT2D eigenvalue weighted by Crippen LogP contribution is -2.63. The van der Waals surface area contributed by atoms with Gasteiger partial charge in [-0.2, -0.15) is 0 Å². The van der Waals surface area contributed by atoms with E-state index in [2.05, 4.69) is 40.0 Å². The van der Waals surface area contributed by atoms with E-state index in [0.717, 1.165) is 52.7 Å². The lowest BCUT2D eigenvalue weighted by Gasteiger charge is -2.44. The SMILES string of the molecule is COc1ccc2cc3n(c2c1)C[C@](C)(C(=O)NCCCN1C[C@H](C)C[C@H](C)C1)N(Cc1ccccc1Br)C3=O. The molecule has 1 saturated heterocycles. The summed E-state index contributed by atoms with van der Waals surface area (Å²) in [4.78, 5) is 32.2. The smallest absolute Gasteiger partial charge is 0.271 e. The van der Waals surface area contributed by atoms with Gasteiger partial charge in [0.1, 0.15) is 17.0 Å². The number of nitrogens with zero attached hydrogens (tertiary/aromatic N) is 3. The zero-order valence-electron chi connectivity index (χ0n) is 23.4. The van der Waals surface area contributed by atoms with E-state index in [0.29, 0.717) is 37.2 Å².